The number of hydrogen-bond acceptors (Lipinski definition) is 4. The van der Waals surface area contributed by atoms with Crippen molar-refractivity contribution < 1.29 is 14.3 Å². The molecule has 6 nitrogen and oxygen atoms in total. The average molecular weight is 412 g/mol. The summed E-state index contributed by atoms with van der Waals surface area (Å²) in [7, 11) is 1.52. The normalized spacial score (nSPS) is 15.6. The molecule has 0 bridgehead atoms. The van der Waals surface area contributed by atoms with Crippen LogP contribution >= 0.6 is 11.6 Å². The molecule has 1 aliphatic heterocycles. The van der Waals surface area contributed by atoms with Crippen LogP contribution in [-0.2, 0) is 17.7 Å². The Morgan fingerprint density at radius 3 is 2.93 bits per heavy atom. The molecule has 29 heavy (non-hydrogen) atoms. The van der Waals surface area contributed by atoms with Crippen molar-refractivity contribution in [2.24, 2.45) is 0 Å². The van der Waals surface area contributed by atoms with Crippen LogP contribution in [0.25, 0.3) is 0 Å². The molecule has 0 fully saturated rings. The van der Waals surface area contributed by atoms with Crippen molar-refractivity contribution in [2.45, 2.75) is 19.1 Å². The van der Waals surface area contributed by atoms with Crippen molar-refractivity contribution in [1.29, 1.82) is 0 Å². The van der Waals surface area contributed by atoms with Crippen LogP contribution in [0.2, 0.25) is 5.02 Å². The summed E-state index contributed by atoms with van der Waals surface area (Å²) in [4.78, 5) is 12.6. The van der Waals surface area contributed by atoms with E-state index in [1.54, 1.807) is 18.2 Å². The molecule has 0 radical (unpaired) electrons. The van der Waals surface area contributed by atoms with Crippen molar-refractivity contribution in [2.75, 3.05) is 20.3 Å². The third kappa shape index (κ3) is 4.44. The second-order valence-electron chi connectivity index (χ2n) is 6.89. The fourth-order valence-electron chi connectivity index (χ4n) is 3.48. The van der Waals surface area contributed by atoms with Gasteiger partial charge in [-0.3, -0.25) is 9.48 Å². The van der Waals surface area contributed by atoms with E-state index in [1.165, 1.54) is 12.7 Å². The molecule has 150 valence electrons. The molecular weight excluding hydrogens is 390 g/mol. The maximum absolute atomic E-state index is 12.6. The van der Waals surface area contributed by atoms with Gasteiger partial charge in [0.15, 0.2) is 0 Å². The first-order valence-corrected chi connectivity index (χ1v) is 9.85. The first-order chi connectivity index (χ1) is 14.1. The van der Waals surface area contributed by atoms with Crippen molar-refractivity contribution in [3.8, 4) is 5.75 Å². The number of amides is 1. The van der Waals surface area contributed by atoms with E-state index in [9.17, 15) is 4.79 Å². The average Bonchev–Trinajstić information content (AvgIpc) is 3.15. The SMILES string of the molecule is COc1ccc(Cl)cc1C(=O)NCC1OCCc2cn(Cc3ccccc3)nc21. The lowest BCUT2D eigenvalue weighted by atomic mass is 10.1. The summed E-state index contributed by atoms with van der Waals surface area (Å²) in [6, 6.07) is 15.1. The van der Waals surface area contributed by atoms with Crippen LogP contribution in [0.1, 0.15) is 33.3 Å². The van der Waals surface area contributed by atoms with Gasteiger partial charge in [0, 0.05) is 17.8 Å². The number of aromatic nitrogens is 2. The van der Waals surface area contributed by atoms with Crippen LogP contribution in [-0.4, -0.2) is 35.9 Å². The van der Waals surface area contributed by atoms with Crippen molar-refractivity contribution in [3.05, 3.63) is 82.1 Å². The molecule has 1 aliphatic rings. The predicted octanol–water partition coefficient (Wildman–Crippen LogP) is 3.64. The smallest absolute Gasteiger partial charge is 0.255 e. The highest BCUT2D eigenvalue weighted by Gasteiger charge is 2.26. The van der Waals surface area contributed by atoms with Crippen LogP contribution in [0.4, 0.5) is 0 Å². The zero-order chi connectivity index (χ0) is 20.2. The van der Waals surface area contributed by atoms with E-state index in [-0.39, 0.29) is 12.0 Å². The Bertz CT molecular complexity index is 1000. The van der Waals surface area contributed by atoms with Gasteiger partial charge in [-0.2, -0.15) is 5.10 Å². The maximum Gasteiger partial charge on any atom is 0.255 e. The minimum absolute atomic E-state index is 0.260. The van der Waals surface area contributed by atoms with E-state index >= 15 is 0 Å². The van der Waals surface area contributed by atoms with Gasteiger partial charge in [0.05, 0.1) is 31.5 Å². The molecule has 2 heterocycles. The highest BCUT2D eigenvalue weighted by molar-refractivity contribution is 6.31. The number of methoxy groups -OCH3 is 1. The molecule has 0 spiro atoms. The van der Waals surface area contributed by atoms with Gasteiger partial charge in [0.1, 0.15) is 11.9 Å². The Labute approximate surface area is 174 Å². The van der Waals surface area contributed by atoms with Gasteiger partial charge in [-0.05, 0) is 35.7 Å². The van der Waals surface area contributed by atoms with E-state index in [4.69, 9.17) is 26.2 Å². The van der Waals surface area contributed by atoms with Gasteiger partial charge >= 0.3 is 0 Å². The van der Waals surface area contributed by atoms with Crippen LogP contribution in [0.5, 0.6) is 5.75 Å². The first-order valence-electron chi connectivity index (χ1n) is 9.47. The lowest BCUT2D eigenvalue weighted by molar-refractivity contribution is 0.0383. The van der Waals surface area contributed by atoms with Crippen molar-refractivity contribution >= 4 is 17.5 Å². The molecule has 2 aromatic carbocycles. The van der Waals surface area contributed by atoms with E-state index in [2.05, 4.69) is 23.6 Å². The fraction of sp³-hybridized carbons (Fsp3) is 0.273. The van der Waals surface area contributed by atoms with E-state index in [0.717, 1.165) is 17.7 Å². The van der Waals surface area contributed by atoms with E-state index in [1.807, 2.05) is 22.9 Å². The molecule has 1 amide bonds. The van der Waals surface area contributed by atoms with E-state index in [0.29, 0.717) is 36.0 Å². The predicted molar refractivity (Wildman–Crippen MR) is 111 cm³/mol. The summed E-state index contributed by atoms with van der Waals surface area (Å²) < 4.78 is 13.1. The Hall–Kier alpha value is -2.83. The molecule has 4 rings (SSSR count). The molecule has 3 aromatic rings. The Morgan fingerprint density at radius 2 is 2.14 bits per heavy atom. The van der Waals surface area contributed by atoms with Gasteiger partial charge in [-0.25, -0.2) is 0 Å². The molecule has 1 unspecified atom stereocenters. The maximum atomic E-state index is 12.6. The lowest BCUT2D eigenvalue weighted by Crippen LogP contribution is -2.32. The molecule has 1 aromatic heterocycles. The van der Waals surface area contributed by atoms with Gasteiger partial charge in [-0.15, -0.1) is 0 Å². The summed E-state index contributed by atoms with van der Waals surface area (Å²) >= 11 is 6.03. The zero-order valence-electron chi connectivity index (χ0n) is 16.1. The topological polar surface area (TPSA) is 65.4 Å². The largest absolute Gasteiger partial charge is 0.496 e. The summed E-state index contributed by atoms with van der Waals surface area (Å²) in [5.41, 5.74) is 3.62. The second-order valence-corrected chi connectivity index (χ2v) is 7.32. The molecule has 7 heteroatoms. The number of hydrogen-bond donors (Lipinski definition) is 1. The number of fused-ring (bicyclic) bond motifs is 1. The summed E-state index contributed by atoms with van der Waals surface area (Å²) in [6.45, 7) is 1.63. The van der Waals surface area contributed by atoms with Gasteiger partial charge in [0.25, 0.3) is 5.91 Å². The van der Waals surface area contributed by atoms with Crippen molar-refractivity contribution in [1.82, 2.24) is 15.1 Å². The number of ether oxygens (including phenoxy) is 2. The molecule has 1 atom stereocenters. The standard InChI is InChI=1S/C22H22ClN3O3/c1-28-19-8-7-17(23)11-18(19)22(27)24-12-20-21-16(9-10-29-20)14-26(25-21)13-15-5-3-2-4-6-15/h2-8,11,14,20H,9-10,12-13H2,1H3,(H,24,27). The molecule has 0 saturated carbocycles. The Balaban J connectivity index is 1.46. The van der Waals surface area contributed by atoms with Gasteiger partial charge in [-0.1, -0.05) is 41.9 Å². The summed E-state index contributed by atoms with van der Waals surface area (Å²) in [5, 5.41) is 8.12. The number of carbonyl (C=O) groups is 1. The molecular formula is C22H22ClN3O3. The zero-order valence-corrected chi connectivity index (χ0v) is 16.9. The summed E-state index contributed by atoms with van der Waals surface area (Å²) in [6.07, 6.45) is 2.60. The third-order valence-corrected chi connectivity index (χ3v) is 5.14. The van der Waals surface area contributed by atoms with Crippen LogP contribution in [0.3, 0.4) is 0 Å². The van der Waals surface area contributed by atoms with Gasteiger partial charge < -0.3 is 14.8 Å². The first kappa shape index (κ1) is 19.5. The molecule has 0 aliphatic carbocycles. The number of carbonyl (C=O) groups excluding carboxylic acids is 1. The molecule has 0 saturated heterocycles. The third-order valence-electron chi connectivity index (χ3n) is 4.91. The lowest BCUT2D eigenvalue weighted by Gasteiger charge is -2.22. The van der Waals surface area contributed by atoms with E-state index < -0.39 is 0 Å². The molecule has 1 N–H and O–H groups in total. The fourth-order valence-corrected chi connectivity index (χ4v) is 3.65. The Morgan fingerprint density at radius 1 is 1.31 bits per heavy atom. The minimum Gasteiger partial charge on any atom is -0.496 e. The number of nitrogens with zero attached hydrogens (tertiary/aromatic N) is 2. The van der Waals surface area contributed by atoms with Crippen LogP contribution < -0.4 is 10.1 Å². The van der Waals surface area contributed by atoms with Crippen LogP contribution in [0, 0.1) is 0 Å². The number of nitrogens with one attached hydrogen (secondary N) is 1. The highest BCUT2D eigenvalue weighted by Crippen LogP contribution is 2.26. The number of halogens is 1. The monoisotopic (exact) mass is 411 g/mol. The minimum atomic E-state index is -0.287. The second kappa shape index (κ2) is 8.68. The number of rotatable bonds is 6. The summed E-state index contributed by atoms with van der Waals surface area (Å²) in [5.74, 6) is 0.216. The quantitative estimate of drug-likeness (QED) is 0.672. The Kier molecular flexibility index (Phi) is 5.83. The van der Waals surface area contributed by atoms with Gasteiger partial charge in [0.2, 0.25) is 0 Å². The number of benzene rings is 2. The van der Waals surface area contributed by atoms with Crippen LogP contribution in [0.15, 0.2) is 54.7 Å². The van der Waals surface area contributed by atoms with Crippen molar-refractivity contribution in [3.63, 3.8) is 0 Å². The highest BCUT2D eigenvalue weighted by atomic mass is 35.5.